The van der Waals surface area contributed by atoms with E-state index in [1.807, 2.05) is 35.7 Å². The van der Waals surface area contributed by atoms with Crippen LogP contribution in [0.4, 0.5) is 0 Å². The highest BCUT2D eigenvalue weighted by atomic mass is 32.2. The lowest BCUT2D eigenvalue weighted by Crippen LogP contribution is -2.43. The smallest absolute Gasteiger partial charge is 0.238 e. The van der Waals surface area contributed by atoms with Crippen molar-refractivity contribution in [2.24, 2.45) is 0 Å². The quantitative estimate of drug-likeness (QED) is 0.653. The van der Waals surface area contributed by atoms with Crippen LogP contribution in [0.5, 0.6) is 11.5 Å². The first-order chi connectivity index (χ1) is 13.4. The maximum absolute atomic E-state index is 13.1. The van der Waals surface area contributed by atoms with E-state index in [-0.39, 0.29) is 25.3 Å². The fourth-order valence-corrected chi connectivity index (χ4v) is 5.01. The van der Waals surface area contributed by atoms with Crippen LogP contribution in [0, 0.1) is 0 Å². The largest absolute Gasteiger partial charge is 0.454 e. The number of amides is 1. The second-order valence-electron chi connectivity index (χ2n) is 7.06. The van der Waals surface area contributed by atoms with Gasteiger partial charge < -0.3 is 14.4 Å². The van der Waals surface area contributed by atoms with Crippen molar-refractivity contribution in [2.75, 3.05) is 19.6 Å². The molecule has 9 heteroatoms. The van der Waals surface area contributed by atoms with E-state index < -0.39 is 10.0 Å². The zero-order valence-electron chi connectivity index (χ0n) is 15.5. The Bertz CT molecular complexity index is 955. The Morgan fingerprint density at radius 3 is 2.64 bits per heavy atom. The highest BCUT2D eigenvalue weighted by molar-refractivity contribution is 7.88. The molecule has 1 amide bonds. The summed E-state index contributed by atoms with van der Waals surface area (Å²) in [5.74, 6) is 1.15. The number of fused-ring (bicyclic) bond motifs is 1. The number of hydrogen-bond donors (Lipinski definition) is 0. The molecule has 2 aromatic rings. The van der Waals surface area contributed by atoms with Crippen LogP contribution in [0.15, 0.2) is 35.7 Å². The van der Waals surface area contributed by atoms with E-state index in [9.17, 15) is 13.2 Å². The molecule has 28 heavy (non-hydrogen) atoms. The molecule has 150 valence electrons. The number of rotatable bonds is 8. The third-order valence-electron chi connectivity index (χ3n) is 4.76. The molecule has 0 atom stereocenters. The molecule has 1 saturated carbocycles. The Morgan fingerprint density at radius 2 is 1.96 bits per heavy atom. The van der Waals surface area contributed by atoms with Gasteiger partial charge in [0.05, 0.1) is 19.3 Å². The lowest BCUT2D eigenvalue weighted by atomic mass is 10.2. The number of sulfonamides is 1. The van der Waals surface area contributed by atoms with Gasteiger partial charge in [-0.05, 0) is 42.0 Å². The van der Waals surface area contributed by atoms with Crippen molar-refractivity contribution in [3.8, 4) is 11.5 Å². The van der Waals surface area contributed by atoms with Gasteiger partial charge in [-0.15, -0.1) is 11.3 Å². The van der Waals surface area contributed by atoms with Gasteiger partial charge in [-0.1, -0.05) is 12.1 Å². The summed E-state index contributed by atoms with van der Waals surface area (Å²) in [4.78, 5) is 15.8. The molecule has 0 radical (unpaired) electrons. The minimum atomic E-state index is -3.42. The van der Waals surface area contributed by atoms with E-state index in [4.69, 9.17) is 9.47 Å². The number of nitrogens with zero attached hydrogens (tertiary/aromatic N) is 2. The Labute approximate surface area is 168 Å². The monoisotopic (exact) mass is 422 g/mol. The SMILES string of the molecule is CS(=O)(=O)N(CC(=O)N(Cc1ccc2c(c1)OCO2)Cc1cccs1)C1CC1. The van der Waals surface area contributed by atoms with Crippen molar-refractivity contribution in [1.82, 2.24) is 9.21 Å². The minimum absolute atomic E-state index is 0.0481. The number of hydrogen-bond acceptors (Lipinski definition) is 6. The molecular formula is C19H22N2O5S2. The van der Waals surface area contributed by atoms with Crippen LogP contribution < -0.4 is 9.47 Å². The Balaban J connectivity index is 1.53. The summed E-state index contributed by atoms with van der Waals surface area (Å²) in [5, 5.41) is 1.96. The van der Waals surface area contributed by atoms with Crippen LogP contribution in [0.2, 0.25) is 0 Å². The van der Waals surface area contributed by atoms with Crippen LogP contribution in [-0.4, -0.2) is 49.2 Å². The van der Waals surface area contributed by atoms with E-state index >= 15 is 0 Å². The molecule has 0 saturated heterocycles. The van der Waals surface area contributed by atoms with Crippen molar-refractivity contribution in [1.29, 1.82) is 0 Å². The average molecular weight is 423 g/mol. The fourth-order valence-electron chi connectivity index (χ4n) is 3.20. The van der Waals surface area contributed by atoms with Crippen LogP contribution in [-0.2, 0) is 27.9 Å². The van der Waals surface area contributed by atoms with Crippen LogP contribution in [0.3, 0.4) is 0 Å². The summed E-state index contributed by atoms with van der Waals surface area (Å²) in [6.07, 6.45) is 2.79. The average Bonchev–Trinajstić information content (AvgIpc) is 3.14. The molecular weight excluding hydrogens is 400 g/mol. The maximum atomic E-state index is 13.1. The zero-order chi connectivity index (χ0) is 19.7. The summed E-state index contributed by atoms with van der Waals surface area (Å²) in [7, 11) is -3.42. The van der Waals surface area contributed by atoms with Crippen LogP contribution in [0.1, 0.15) is 23.3 Å². The van der Waals surface area contributed by atoms with Gasteiger partial charge in [0.15, 0.2) is 11.5 Å². The number of carbonyl (C=O) groups excluding carboxylic acids is 1. The second-order valence-corrected chi connectivity index (χ2v) is 10.0. The van der Waals surface area contributed by atoms with Gasteiger partial charge in [-0.3, -0.25) is 4.79 Å². The molecule has 1 aromatic carbocycles. The van der Waals surface area contributed by atoms with Crippen LogP contribution in [0.25, 0.3) is 0 Å². The van der Waals surface area contributed by atoms with Gasteiger partial charge in [-0.25, -0.2) is 8.42 Å². The van der Waals surface area contributed by atoms with Crippen molar-refractivity contribution in [3.63, 3.8) is 0 Å². The lowest BCUT2D eigenvalue weighted by molar-refractivity contribution is -0.132. The predicted molar refractivity (Wildman–Crippen MR) is 106 cm³/mol. The van der Waals surface area contributed by atoms with Crippen molar-refractivity contribution in [3.05, 3.63) is 46.2 Å². The molecule has 1 aromatic heterocycles. The summed E-state index contributed by atoms with van der Waals surface area (Å²) in [6.45, 7) is 0.879. The first kappa shape index (κ1) is 19.2. The Morgan fingerprint density at radius 1 is 1.18 bits per heavy atom. The molecule has 0 unspecified atom stereocenters. The second kappa shape index (κ2) is 7.73. The molecule has 7 nitrogen and oxygen atoms in total. The number of benzene rings is 1. The topological polar surface area (TPSA) is 76.2 Å². The lowest BCUT2D eigenvalue weighted by Gasteiger charge is -2.26. The number of carbonyl (C=O) groups is 1. The summed E-state index contributed by atoms with van der Waals surface area (Å²) in [5.41, 5.74) is 0.909. The molecule has 1 fully saturated rings. The van der Waals surface area contributed by atoms with Gasteiger partial charge in [0, 0.05) is 17.5 Å². The molecule has 1 aliphatic heterocycles. The van der Waals surface area contributed by atoms with Crippen molar-refractivity contribution >= 4 is 27.3 Å². The van der Waals surface area contributed by atoms with Crippen molar-refractivity contribution in [2.45, 2.75) is 32.0 Å². The third-order valence-corrected chi connectivity index (χ3v) is 6.90. The van der Waals surface area contributed by atoms with Crippen LogP contribution >= 0.6 is 11.3 Å². The molecule has 1 aliphatic carbocycles. The Hall–Kier alpha value is -2.10. The molecule has 4 rings (SSSR count). The van der Waals surface area contributed by atoms with Gasteiger partial charge in [-0.2, -0.15) is 4.31 Å². The van der Waals surface area contributed by atoms with E-state index in [0.717, 1.165) is 23.3 Å². The maximum Gasteiger partial charge on any atom is 0.238 e. The standard InChI is InChI=1S/C19H22N2O5S2/c1-28(23,24)21(15-5-6-15)12-19(22)20(11-16-3-2-8-27-16)10-14-4-7-17-18(9-14)26-13-25-17/h2-4,7-9,15H,5-6,10-13H2,1H3. The predicted octanol–water partition coefficient (Wildman–Crippen LogP) is 2.43. The third kappa shape index (κ3) is 4.48. The Kier molecular flexibility index (Phi) is 5.31. The van der Waals surface area contributed by atoms with Crippen molar-refractivity contribution < 1.29 is 22.7 Å². The first-order valence-electron chi connectivity index (χ1n) is 9.05. The molecule has 2 heterocycles. The van der Waals surface area contributed by atoms with Gasteiger partial charge in [0.2, 0.25) is 22.7 Å². The highest BCUT2D eigenvalue weighted by Crippen LogP contribution is 2.33. The minimum Gasteiger partial charge on any atom is -0.454 e. The number of ether oxygens (including phenoxy) is 2. The molecule has 0 bridgehead atoms. The van der Waals surface area contributed by atoms with E-state index in [1.165, 1.54) is 10.6 Å². The summed E-state index contributed by atoms with van der Waals surface area (Å²) in [6, 6.07) is 9.46. The highest BCUT2D eigenvalue weighted by Gasteiger charge is 2.37. The summed E-state index contributed by atoms with van der Waals surface area (Å²) >= 11 is 1.57. The zero-order valence-corrected chi connectivity index (χ0v) is 17.2. The van der Waals surface area contributed by atoms with Gasteiger partial charge in [0.25, 0.3) is 0 Å². The molecule has 0 N–H and O–H groups in total. The van der Waals surface area contributed by atoms with E-state index in [2.05, 4.69) is 0 Å². The molecule has 0 spiro atoms. The van der Waals surface area contributed by atoms with Gasteiger partial charge in [0.1, 0.15) is 0 Å². The summed E-state index contributed by atoms with van der Waals surface area (Å²) < 4.78 is 36.3. The fraction of sp³-hybridized carbons (Fsp3) is 0.421. The first-order valence-corrected chi connectivity index (χ1v) is 11.8. The van der Waals surface area contributed by atoms with E-state index in [0.29, 0.717) is 24.6 Å². The number of thiophene rings is 1. The van der Waals surface area contributed by atoms with E-state index in [1.54, 1.807) is 16.2 Å². The normalized spacial score (nSPS) is 15.8. The molecule has 2 aliphatic rings. The van der Waals surface area contributed by atoms with Gasteiger partial charge >= 0.3 is 0 Å².